The highest BCUT2D eigenvalue weighted by molar-refractivity contribution is 9.10. The summed E-state index contributed by atoms with van der Waals surface area (Å²) in [5.74, 6) is 0.768. The van der Waals surface area contributed by atoms with Crippen molar-refractivity contribution in [3.63, 3.8) is 0 Å². The average Bonchev–Trinajstić information content (AvgIpc) is 2.72. The number of nitrogens with one attached hydrogen (secondary N) is 2. The van der Waals surface area contributed by atoms with E-state index in [1.165, 1.54) is 21.3 Å². The van der Waals surface area contributed by atoms with E-state index >= 15 is 0 Å². The molecule has 2 amide bonds. The van der Waals surface area contributed by atoms with Crippen LogP contribution in [-0.4, -0.2) is 39.1 Å². The van der Waals surface area contributed by atoms with Crippen molar-refractivity contribution in [2.24, 2.45) is 4.99 Å². The van der Waals surface area contributed by atoms with Gasteiger partial charge < -0.3 is 14.2 Å². The van der Waals surface area contributed by atoms with Crippen molar-refractivity contribution in [1.82, 2.24) is 10.6 Å². The molecule has 152 valence electrons. The van der Waals surface area contributed by atoms with E-state index in [1.807, 2.05) is 0 Å². The van der Waals surface area contributed by atoms with Crippen molar-refractivity contribution in [2.45, 2.75) is 12.5 Å². The maximum Gasteiger partial charge on any atom is 0.257 e. The van der Waals surface area contributed by atoms with Crippen LogP contribution in [0.5, 0.6) is 17.2 Å². The predicted octanol–water partition coefficient (Wildman–Crippen LogP) is 2.82. The molecule has 0 aliphatic carbocycles. The van der Waals surface area contributed by atoms with Crippen LogP contribution in [0, 0.1) is 0 Å². The van der Waals surface area contributed by atoms with E-state index < -0.39 is 6.04 Å². The molecule has 0 radical (unpaired) electrons. The first-order valence-electron chi connectivity index (χ1n) is 8.70. The molecule has 0 fully saturated rings. The summed E-state index contributed by atoms with van der Waals surface area (Å²) < 4.78 is 17.1. The maximum atomic E-state index is 12.5. The molecule has 0 spiro atoms. The number of halogens is 1. The number of benzene rings is 2. The van der Waals surface area contributed by atoms with Crippen molar-refractivity contribution in [3.8, 4) is 17.2 Å². The van der Waals surface area contributed by atoms with Crippen LogP contribution in [-0.2, 0) is 4.79 Å². The molecule has 0 saturated carbocycles. The summed E-state index contributed by atoms with van der Waals surface area (Å²) in [6.07, 6.45) is 0.101. The Morgan fingerprint density at radius 1 is 1.07 bits per heavy atom. The van der Waals surface area contributed by atoms with Crippen LogP contribution >= 0.6 is 15.9 Å². The topological polar surface area (TPSA) is 98.3 Å². The number of amides is 2. The van der Waals surface area contributed by atoms with Gasteiger partial charge in [0.1, 0.15) is 0 Å². The number of carbonyl (C=O) groups is 2. The summed E-state index contributed by atoms with van der Waals surface area (Å²) in [4.78, 5) is 29.2. The number of aliphatic imine (C=N–C) groups is 1. The maximum absolute atomic E-state index is 12.5. The van der Waals surface area contributed by atoms with Crippen LogP contribution in [0.15, 0.2) is 45.9 Å². The van der Waals surface area contributed by atoms with Crippen LogP contribution < -0.4 is 24.8 Å². The van der Waals surface area contributed by atoms with Crippen LogP contribution in [0.3, 0.4) is 0 Å². The van der Waals surface area contributed by atoms with Crippen molar-refractivity contribution in [1.29, 1.82) is 0 Å². The molecule has 29 heavy (non-hydrogen) atoms. The lowest BCUT2D eigenvalue weighted by atomic mass is 10.0. The monoisotopic (exact) mass is 461 g/mol. The minimum atomic E-state index is -0.557. The summed E-state index contributed by atoms with van der Waals surface area (Å²) in [7, 11) is 4.54. The highest BCUT2D eigenvalue weighted by Crippen LogP contribution is 2.44. The molecule has 0 unspecified atom stereocenters. The number of carbonyl (C=O) groups excluding carboxylic acids is 2. The van der Waals surface area contributed by atoms with Crippen LogP contribution in [0.25, 0.3) is 0 Å². The Morgan fingerprint density at radius 3 is 2.38 bits per heavy atom. The van der Waals surface area contributed by atoms with Gasteiger partial charge in [0, 0.05) is 15.6 Å². The molecule has 0 saturated heterocycles. The largest absolute Gasteiger partial charge is 0.493 e. The zero-order valence-corrected chi connectivity index (χ0v) is 17.7. The highest BCUT2D eigenvalue weighted by atomic mass is 79.9. The van der Waals surface area contributed by atoms with Gasteiger partial charge in [-0.15, -0.1) is 0 Å². The summed E-state index contributed by atoms with van der Waals surface area (Å²) >= 11 is 3.33. The molecule has 0 bridgehead atoms. The standard InChI is InChI=1S/C20H20BrN3O5/c1-27-15-9-8-13(17(28-2)18(15)29-3)14-10-16(25)23-20(22-14)24-19(26)11-4-6-12(21)7-5-11/h4-9,14H,10H2,1-3H3,(H2,22,23,24,25,26)/t14-/m1/s1. The third-order valence-electron chi connectivity index (χ3n) is 4.35. The molecule has 1 aliphatic heterocycles. The van der Waals surface area contributed by atoms with Gasteiger partial charge in [0.2, 0.25) is 17.6 Å². The SMILES string of the molecule is COc1ccc([C@H]2CC(=O)NC(NC(=O)c3ccc(Br)cc3)=N2)c(OC)c1OC. The summed E-state index contributed by atoms with van der Waals surface area (Å²) in [5.41, 5.74) is 1.09. The number of nitrogens with zero attached hydrogens (tertiary/aromatic N) is 1. The second-order valence-corrected chi connectivity index (χ2v) is 7.05. The minimum Gasteiger partial charge on any atom is -0.493 e. The first-order chi connectivity index (χ1) is 14.0. The lowest BCUT2D eigenvalue weighted by Crippen LogP contribution is -2.47. The zero-order valence-electron chi connectivity index (χ0n) is 16.1. The van der Waals surface area contributed by atoms with Gasteiger partial charge in [-0.25, -0.2) is 4.99 Å². The molecule has 9 heteroatoms. The molecule has 2 aromatic rings. The van der Waals surface area contributed by atoms with E-state index in [4.69, 9.17) is 14.2 Å². The molecular weight excluding hydrogens is 442 g/mol. The Balaban J connectivity index is 1.91. The normalized spacial score (nSPS) is 15.8. The van der Waals surface area contributed by atoms with Gasteiger partial charge in [-0.3, -0.25) is 20.2 Å². The Kier molecular flexibility index (Phi) is 6.38. The smallest absolute Gasteiger partial charge is 0.257 e. The fourth-order valence-corrected chi connectivity index (χ4v) is 3.27. The number of hydrogen-bond acceptors (Lipinski definition) is 6. The fourth-order valence-electron chi connectivity index (χ4n) is 3.00. The average molecular weight is 462 g/mol. The molecule has 2 N–H and O–H groups in total. The zero-order chi connectivity index (χ0) is 21.0. The van der Waals surface area contributed by atoms with Crippen molar-refractivity contribution in [3.05, 3.63) is 52.0 Å². The van der Waals surface area contributed by atoms with E-state index in [2.05, 4.69) is 31.6 Å². The summed E-state index contributed by atoms with van der Waals surface area (Å²) in [5, 5.41) is 5.23. The predicted molar refractivity (Wildman–Crippen MR) is 111 cm³/mol. The molecule has 8 nitrogen and oxygen atoms in total. The van der Waals surface area contributed by atoms with Crippen molar-refractivity contribution >= 4 is 33.7 Å². The number of hydrogen-bond donors (Lipinski definition) is 2. The number of guanidine groups is 1. The molecule has 1 aliphatic rings. The third-order valence-corrected chi connectivity index (χ3v) is 4.88. The first kappa shape index (κ1) is 20.7. The Labute approximate surface area is 176 Å². The molecular formula is C20H20BrN3O5. The molecule has 1 heterocycles. The van der Waals surface area contributed by atoms with Gasteiger partial charge >= 0.3 is 0 Å². The lowest BCUT2D eigenvalue weighted by molar-refractivity contribution is -0.120. The highest BCUT2D eigenvalue weighted by Gasteiger charge is 2.28. The molecule has 2 aromatic carbocycles. The number of ether oxygens (including phenoxy) is 3. The van der Waals surface area contributed by atoms with Crippen molar-refractivity contribution < 1.29 is 23.8 Å². The molecule has 3 rings (SSSR count). The van der Waals surface area contributed by atoms with E-state index in [0.717, 1.165) is 4.47 Å². The van der Waals surface area contributed by atoms with Gasteiger partial charge in [-0.1, -0.05) is 15.9 Å². The summed E-state index contributed by atoms with van der Waals surface area (Å²) in [6.45, 7) is 0. The minimum absolute atomic E-state index is 0.0796. The van der Waals surface area contributed by atoms with Gasteiger partial charge in [0.25, 0.3) is 5.91 Å². The Bertz CT molecular complexity index is 959. The van der Waals surface area contributed by atoms with Gasteiger partial charge in [0.15, 0.2) is 11.5 Å². The third kappa shape index (κ3) is 4.51. The van der Waals surface area contributed by atoms with E-state index in [1.54, 1.807) is 36.4 Å². The van der Waals surface area contributed by atoms with E-state index in [9.17, 15) is 9.59 Å². The number of rotatable bonds is 5. The lowest BCUT2D eigenvalue weighted by Gasteiger charge is -2.24. The summed E-state index contributed by atoms with van der Waals surface area (Å²) in [6, 6.07) is 9.78. The second-order valence-electron chi connectivity index (χ2n) is 6.13. The first-order valence-corrected chi connectivity index (χ1v) is 9.49. The van der Waals surface area contributed by atoms with Crippen molar-refractivity contribution in [2.75, 3.05) is 21.3 Å². The quantitative estimate of drug-likeness (QED) is 0.713. The van der Waals surface area contributed by atoms with E-state index in [-0.39, 0.29) is 24.2 Å². The van der Waals surface area contributed by atoms with Gasteiger partial charge in [0.05, 0.1) is 33.8 Å². The Morgan fingerprint density at radius 2 is 1.76 bits per heavy atom. The fraction of sp³-hybridized carbons (Fsp3) is 0.250. The van der Waals surface area contributed by atoms with Crippen LogP contribution in [0.1, 0.15) is 28.4 Å². The molecule has 1 atom stereocenters. The van der Waals surface area contributed by atoms with Gasteiger partial charge in [-0.05, 0) is 36.4 Å². The van der Waals surface area contributed by atoms with E-state index in [0.29, 0.717) is 28.4 Å². The van der Waals surface area contributed by atoms with Crippen LogP contribution in [0.4, 0.5) is 0 Å². The number of methoxy groups -OCH3 is 3. The van der Waals surface area contributed by atoms with Crippen LogP contribution in [0.2, 0.25) is 0 Å². The molecule has 0 aromatic heterocycles. The Hall–Kier alpha value is -3.07. The second kappa shape index (κ2) is 8.95. The van der Waals surface area contributed by atoms with Gasteiger partial charge in [-0.2, -0.15) is 0 Å².